The number of aromatic nitrogens is 4. The molecule has 63 heavy (non-hydrogen) atoms. The first-order valence-corrected chi connectivity index (χ1v) is 21.1. The Balaban J connectivity index is 0.937. The van der Waals surface area contributed by atoms with Crippen molar-refractivity contribution in [2.75, 3.05) is 0 Å². The van der Waals surface area contributed by atoms with Crippen LogP contribution >= 0.6 is 0 Å². The molecule has 0 aliphatic carbocycles. The molecule has 0 amide bonds. The summed E-state index contributed by atoms with van der Waals surface area (Å²) >= 11 is 0. The van der Waals surface area contributed by atoms with Gasteiger partial charge in [0.1, 0.15) is 22.3 Å². The van der Waals surface area contributed by atoms with Gasteiger partial charge < -0.3 is 13.4 Å². The second kappa shape index (κ2) is 14.0. The predicted octanol–water partition coefficient (Wildman–Crippen LogP) is 15.1. The topological polar surface area (TPSA) is 69.9 Å². The lowest BCUT2D eigenvalue weighted by molar-refractivity contribution is 0.668. The van der Waals surface area contributed by atoms with Crippen LogP contribution in [0.3, 0.4) is 0 Å². The standard InChI is InChI=1S/C57H34N4O2/c1-3-13-35(14-4-1)55-58-56(40-27-30-51-46(34-40)43-20-8-10-23-50(43)62-51)60-57(59-55)44-21-12-24-53-54(44)47-33-39(26-29-52(47)63-53)37-16-11-15-36(31-37)38-25-28-49-45(32-38)42-19-7-9-22-48(42)61(49)41-17-5-2-6-18-41/h1-34H. The average Bonchev–Trinajstić information content (AvgIpc) is 4.03. The maximum Gasteiger partial charge on any atom is 0.164 e. The third-order valence-electron chi connectivity index (χ3n) is 12.3. The molecule has 13 aromatic rings. The SMILES string of the molecule is c1ccc(-c2nc(-c3ccc4oc5ccccc5c4c3)nc(-c3cccc4oc5ccc(-c6cccc(-c7ccc8c(c7)c7ccccc7n8-c7ccccc7)c6)cc5c34)n2)cc1. The van der Waals surface area contributed by atoms with E-state index in [0.29, 0.717) is 17.5 Å². The molecule has 4 heterocycles. The summed E-state index contributed by atoms with van der Waals surface area (Å²) in [6.45, 7) is 0. The quantitative estimate of drug-likeness (QED) is 0.167. The van der Waals surface area contributed by atoms with Crippen LogP contribution in [0.25, 0.3) is 128 Å². The zero-order chi connectivity index (χ0) is 41.4. The van der Waals surface area contributed by atoms with Crippen LogP contribution in [-0.2, 0) is 0 Å². The van der Waals surface area contributed by atoms with Gasteiger partial charge in [0, 0.05) is 54.7 Å². The molecule has 0 saturated carbocycles. The molecular weight excluding hydrogens is 773 g/mol. The minimum atomic E-state index is 0.570. The van der Waals surface area contributed by atoms with Crippen molar-refractivity contribution in [1.82, 2.24) is 19.5 Å². The largest absolute Gasteiger partial charge is 0.456 e. The fourth-order valence-electron chi connectivity index (χ4n) is 9.29. The molecule has 0 aliphatic heterocycles. The minimum absolute atomic E-state index is 0.570. The Labute approximate surface area is 361 Å². The lowest BCUT2D eigenvalue weighted by Crippen LogP contribution is -2.00. The third-order valence-corrected chi connectivity index (χ3v) is 12.3. The molecule has 0 fully saturated rings. The van der Waals surface area contributed by atoms with Gasteiger partial charge in [0.25, 0.3) is 0 Å². The molecule has 0 N–H and O–H groups in total. The zero-order valence-corrected chi connectivity index (χ0v) is 33.7. The highest BCUT2D eigenvalue weighted by atomic mass is 16.3. The maximum atomic E-state index is 6.53. The van der Waals surface area contributed by atoms with E-state index in [4.69, 9.17) is 23.8 Å². The van der Waals surface area contributed by atoms with Gasteiger partial charge in [0.2, 0.25) is 0 Å². The second-order valence-electron chi connectivity index (χ2n) is 16.0. The molecule has 0 bridgehead atoms. The van der Waals surface area contributed by atoms with Gasteiger partial charge in [-0.25, -0.2) is 15.0 Å². The molecule has 0 unspecified atom stereocenters. The highest BCUT2D eigenvalue weighted by Crippen LogP contribution is 2.41. The van der Waals surface area contributed by atoms with Crippen LogP contribution in [0.2, 0.25) is 0 Å². The summed E-state index contributed by atoms with van der Waals surface area (Å²) in [6.07, 6.45) is 0. The van der Waals surface area contributed by atoms with Crippen LogP contribution in [0.4, 0.5) is 0 Å². The van der Waals surface area contributed by atoms with Gasteiger partial charge in [-0.2, -0.15) is 0 Å². The van der Waals surface area contributed by atoms with Gasteiger partial charge in [-0.3, -0.25) is 0 Å². The fraction of sp³-hybridized carbons (Fsp3) is 0. The Morgan fingerprint density at radius 1 is 0.302 bits per heavy atom. The lowest BCUT2D eigenvalue weighted by atomic mass is 9.96. The van der Waals surface area contributed by atoms with Gasteiger partial charge >= 0.3 is 0 Å². The average molecular weight is 807 g/mol. The lowest BCUT2D eigenvalue weighted by Gasteiger charge is -2.10. The first kappa shape index (κ1) is 35.2. The molecule has 6 nitrogen and oxygen atoms in total. The number of hydrogen-bond acceptors (Lipinski definition) is 5. The van der Waals surface area contributed by atoms with Crippen molar-refractivity contribution in [1.29, 1.82) is 0 Å². The highest BCUT2D eigenvalue weighted by molar-refractivity contribution is 6.13. The molecule has 294 valence electrons. The van der Waals surface area contributed by atoms with Crippen LogP contribution in [0.15, 0.2) is 215 Å². The minimum Gasteiger partial charge on any atom is -0.456 e. The molecule has 13 rings (SSSR count). The van der Waals surface area contributed by atoms with Crippen molar-refractivity contribution in [2.45, 2.75) is 0 Å². The normalized spacial score (nSPS) is 11.8. The number of benzene rings is 9. The van der Waals surface area contributed by atoms with Crippen LogP contribution in [0, 0.1) is 0 Å². The first-order chi connectivity index (χ1) is 31.2. The molecule has 6 heteroatoms. The summed E-state index contributed by atoms with van der Waals surface area (Å²) in [5, 5.41) is 6.48. The zero-order valence-electron chi connectivity index (χ0n) is 33.7. The van der Waals surface area contributed by atoms with Crippen molar-refractivity contribution < 1.29 is 8.83 Å². The smallest absolute Gasteiger partial charge is 0.164 e. The number of hydrogen-bond donors (Lipinski definition) is 0. The number of furan rings is 2. The Hall–Kier alpha value is -8.61. The maximum absolute atomic E-state index is 6.53. The number of nitrogens with zero attached hydrogens (tertiary/aromatic N) is 4. The number of para-hydroxylation sites is 3. The monoisotopic (exact) mass is 806 g/mol. The van der Waals surface area contributed by atoms with E-state index in [2.05, 4.69) is 138 Å². The molecule has 0 atom stereocenters. The Morgan fingerprint density at radius 3 is 1.65 bits per heavy atom. The van der Waals surface area contributed by atoms with Crippen molar-refractivity contribution in [2.24, 2.45) is 0 Å². The third kappa shape index (κ3) is 5.76. The van der Waals surface area contributed by atoms with Gasteiger partial charge in [0.05, 0.1) is 11.0 Å². The Kier molecular flexibility index (Phi) is 7.80. The summed E-state index contributed by atoms with van der Waals surface area (Å²) in [5.74, 6) is 1.75. The molecule has 9 aromatic carbocycles. The summed E-state index contributed by atoms with van der Waals surface area (Å²) < 4.78 is 15.0. The van der Waals surface area contributed by atoms with Crippen LogP contribution < -0.4 is 0 Å². The summed E-state index contributed by atoms with van der Waals surface area (Å²) in [7, 11) is 0. The van der Waals surface area contributed by atoms with E-state index in [9.17, 15) is 0 Å². The van der Waals surface area contributed by atoms with Gasteiger partial charge in [-0.15, -0.1) is 0 Å². The molecule has 4 aromatic heterocycles. The van der Waals surface area contributed by atoms with E-state index in [1.54, 1.807) is 0 Å². The van der Waals surface area contributed by atoms with Gasteiger partial charge in [0.15, 0.2) is 17.5 Å². The van der Waals surface area contributed by atoms with Crippen molar-refractivity contribution >= 4 is 65.7 Å². The summed E-state index contributed by atoms with van der Waals surface area (Å²) in [4.78, 5) is 15.4. The van der Waals surface area contributed by atoms with Crippen molar-refractivity contribution in [3.63, 3.8) is 0 Å². The summed E-state index contributed by atoms with van der Waals surface area (Å²) in [6, 6.07) is 71.7. The van der Waals surface area contributed by atoms with E-state index in [1.165, 1.54) is 21.8 Å². The van der Waals surface area contributed by atoms with Gasteiger partial charge in [-0.1, -0.05) is 127 Å². The fourth-order valence-corrected chi connectivity index (χ4v) is 9.29. The van der Waals surface area contributed by atoms with Crippen LogP contribution in [0.5, 0.6) is 0 Å². The van der Waals surface area contributed by atoms with E-state index in [-0.39, 0.29) is 0 Å². The predicted molar refractivity (Wildman–Crippen MR) is 256 cm³/mol. The van der Waals surface area contributed by atoms with E-state index >= 15 is 0 Å². The Bertz CT molecular complexity index is 3920. The first-order valence-electron chi connectivity index (χ1n) is 21.1. The van der Waals surface area contributed by atoms with E-state index in [0.717, 1.165) is 88.5 Å². The van der Waals surface area contributed by atoms with E-state index in [1.807, 2.05) is 72.8 Å². The summed E-state index contributed by atoms with van der Waals surface area (Å²) in [5.41, 5.74) is 13.9. The molecular formula is C57H34N4O2. The van der Waals surface area contributed by atoms with E-state index < -0.39 is 0 Å². The van der Waals surface area contributed by atoms with Crippen LogP contribution in [-0.4, -0.2) is 19.5 Å². The second-order valence-corrected chi connectivity index (χ2v) is 16.0. The van der Waals surface area contributed by atoms with Crippen molar-refractivity contribution in [3.8, 4) is 62.1 Å². The van der Waals surface area contributed by atoms with Gasteiger partial charge in [-0.05, 0) is 101 Å². The molecule has 0 aliphatic rings. The van der Waals surface area contributed by atoms with Crippen LogP contribution in [0.1, 0.15) is 0 Å². The molecule has 0 spiro atoms. The molecule has 0 radical (unpaired) electrons. The Morgan fingerprint density at radius 2 is 0.825 bits per heavy atom. The van der Waals surface area contributed by atoms with Crippen molar-refractivity contribution in [3.05, 3.63) is 206 Å². The number of fused-ring (bicyclic) bond motifs is 9. The number of rotatable bonds is 6. The highest BCUT2D eigenvalue weighted by Gasteiger charge is 2.20. The molecule has 0 saturated heterocycles.